The van der Waals surface area contributed by atoms with E-state index in [0.717, 1.165) is 57.8 Å². The van der Waals surface area contributed by atoms with Crippen molar-refractivity contribution in [1.29, 1.82) is 0 Å². The molecule has 112 heavy (non-hydrogen) atoms. The lowest BCUT2D eigenvalue weighted by Crippen LogP contribution is -2.66. The fraction of sp³-hybridized carbons (Fsp3) is 0.903. The lowest BCUT2D eigenvalue weighted by Gasteiger charge is -2.48. The van der Waals surface area contributed by atoms with E-state index in [1.165, 1.54) is 321 Å². The Morgan fingerprint density at radius 2 is 0.589 bits per heavy atom. The van der Waals surface area contributed by atoms with Crippen LogP contribution in [0.2, 0.25) is 0 Å². The first kappa shape index (κ1) is 104. The predicted octanol–water partition coefficient (Wildman–Crippen LogP) is 18.4. The van der Waals surface area contributed by atoms with Crippen LogP contribution in [0.4, 0.5) is 0 Å². The Bertz CT molecular complexity index is 2200. The van der Waals surface area contributed by atoms with Gasteiger partial charge in [0.2, 0.25) is 5.91 Å². The van der Waals surface area contributed by atoms with Gasteiger partial charge >= 0.3 is 0 Å². The van der Waals surface area contributed by atoms with E-state index in [4.69, 9.17) is 28.4 Å². The van der Waals surface area contributed by atoms with E-state index in [2.05, 4.69) is 55.6 Å². The number of nitrogens with one attached hydrogen (secondary N) is 1. The van der Waals surface area contributed by atoms with Crippen molar-refractivity contribution in [2.75, 3.05) is 26.4 Å². The summed E-state index contributed by atoms with van der Waals surface area (Å²) < 4.78 is 34.6. The highest BCUT2D eigenvalue weighted by atomic mass is 16.8. The monoisotopic (exact) mass is 1590 g/mol. The van der Waals surface area contributed by atoms with Gasteiger partial charge in [0.1, 0.15) is 73.2 Å². The van der Waals surface area contributed by atoms with E-state index >= 15 is 0 Å². The maximum absolute atomic E-state index is 13.5. The Balaban J connectivity index is 1.31. The second-order valence-corrected chi connectivity index (χ2v) is 33.5. The minimum atomic E-state index is -1.98. The first-order valence-electron chi connectivity index (χ1n) is 46.9. The zero-order valence-electron chi connectivity index (χ0n) is 71.2. The molecule has 12 N–H and O–H groups in total. The Labute approximate surface area is 682 Å². The lowest BCUT2D eigenvalue weighted by molar-refractivity contribution is -0.379. The van der Waals surface area contributed by atoms with Crippen LogP contribution in [-0.4, -0.2) is 193 Å². The predicted molar refractivity (Wildman–Crippen MR) is 452 cm³/mol. The van der Waals surface area contributed by atoms with Crippen LogP contribution in [0.3, 0.4) is 0 Å². The van der Waals surface area contributed by atoms with Crippen molar-refractivity contribution in [1.82, 2.24) is 5.32 Å². The molecule has 0 aliphatic carbocycles. The molecule has 3 fully saturated rings. The van der Waals surface area contributed by atoms with Crippen molar-refractivity contribution in [3.8, 4) is 0 Å². The lowest BCUT2D eigenvalue weighted by atomic mass is 9.96. The van der Waals surface area contributed by atoms with Gasteiger partial charge in [0.25, 0.3) is 0 Å². The molecule has 0 spiro atoms. The number of unbranched alkanes of at least 4 members (excludes halogenated alkanes) is 55. The van der Waals surface area contributed by atoms with Crippen molar-refractivity contribution in [2.45, 2.75) is 510 Å². The summed E-state index contributed by atoms with van der Waals surface area (Å²) in [7, 11) is 0. The van der Waals surface area contributed by atoms with Crippen LogP contribution in [0.5, 0.6) is 0 Å². The summed E-state index contributed by atoms with van der Waals surface area (Å²) in [6.07, 6.45) is 68.4. The maximum Gasteiger partial charge on any atom is 0.220 e. The number of rotatable bonds is 77. The minimum absolute atomic E-state index is 0.247. The molecule has 0 aromatic rings. The Kier molecular flexibility index (Phi) is 67.5. The molecule has 0 saturated carbocycles. The van der Waals surface area contributed by atoms with Crippen LogP contribution in [0, 0.1) is 0 Å². The SMILES string of the molecule is CCCCCCC/C=C\C/C=C\C/C=C\CCCCCCCCCCCCCCCCCCCCCCCCC(=O)NC(COC1OC(CO)C(OC2OC(CO)C(OC3OC(CO)C(O)C(O)C3O)C(O)C2O)C(O)C1O)C(O)/C=C/CCCCCCCCCCCCCCCCCCCCCCCCCCCCCC. The van der Waals surface area contributed by atoms with E-state index in [1.807, 2.05) is 6.08 Å². The molecule has 3 heterocycles. The number of hydrogen-bond donors (Lipinski definition) is 12. The number of aliphatic hydroxyl groups is 11. The van der Waals surface area contributed by atoms with E-state index < -0.39 is 124 Å². The number of carbonyl (C=O) groups is 1. The fourth-order valence-electron chi connectivity index (χ4n) is 15.9. The largest absolute Gasteiger partial charge is 0.394 e. The number of amides is 1. The molecule has 0 aromatic carbocycles. The maximum atomic E-state index is 13.5. The Hall–Kier alpha value is -2.25. The standard InChI is InChI=1S/C93H173NO18/c1-3-5-7-9-11-13-15-17-19-21-23-25-27-29-31-33-35-36-37-38-39-40-41-43-45-47-49-51-53-55-57-59-61-63-65-67-69-71-81(99)94-76(77(98)70-68-66-64-62-60-58-56-54-52-50-48-46-44-42-34-32-30-28-26-24-22-20-18-16-14-12-10-8-6-4-2)75-107-91-87(105)84(102)89(79(73-96)109-91)112-93-88(106)85(103)90(80(74-97)110-93)111-92-86(104)83(101)82(100)78(72-95)108-92/h15,17,21,23,27,29,68,70,76-80,82-93,95-98,100-106H,3-14,16,18-20,22,24-26,28,30-67,69,71-75H2,1-2H3,(H,94,99)/b17-15-,23-21-,29-27-,70-68+. The molecular weight excluding hydrogens is 1420 g/mol. The van der Waals surface area contributed by atoms with Gasteiger partial charge in [-0.3, -0.25) is 4.79 Å². The molecule has 17 atom stereocenters. The Morgan fingerprint density at radius 3 is 0.920 bits per heavy atom. The summed E-state index contributed by atoms with van der Waals surface area (Å²) in [5, 5.41) is 121. The smallest absolute Gasteiger partial charge is 0.220 e. The van der Waals surface area contributed by atoms with E-state index in [9.17, 15) is 61.0 Å². The summed E-state index contributed by atoms with van der Waals surface area (Å²) in [6, 6.07) is -0.975. The normalized spacial score (nSPS) is 25.1. The molecule has 19 nitrogen and oxygen atoms in total. The average molecular weight is 1590 g/mol. The highest BCUT2D eigenvalue weighted by molar-refractivity contribution is 5.76. The van der Waals surface area contributed by atoms with Crippen LogP contribution in [0.15, 0.2) is 48.6 Å². The highest BCUT2D eigenvalue weighted by Gasteiger charge is 2.54. The van der Waals surface area contributed by atoms with Gasteiger partial charge < -0.3 is 89.9 Å². The second-order valence-electron chi connectivity index (χ2n) is 33.5. The van der Waals surface area contributed by atoms with Crippen molar-refractivity contribution in [2.24, 2.45) is 0 Å². The van der Waals surface area contributed by atoms with Gasteiger partial charge in [-0.15, -0.1) is 0 Å². The summed E-state index contributed by atoms with van der Waals surface area (Å²) in [5.41, 5.74) is 0. The molecular formula is C93H173NO18. The molecule has 17 unspecified atom stereocenters. The van der Waals surface area contributed by atoms with Gasteiger partial charge in [-0.25, -0.2) is 0 Å². The zero-order valence-corrected chi connectivity index (χ0v) is 71.2. The van der Waals surface area contributed by atoms with E-state index in [0.29, 0.717) is 6.42 Å². The molecule has 0 bridgehead atoms. The summed E-state index contributed by atoms with van der Waals surface area (Å²) in [6.45, 7) is 1.79. The topological polar surface area (TPSA) is 307 Å². The average Bonchev–Trinajstić information content (AvgIpc) is 0.781. The molecule has 3 aliphatic heterocycles. The first-order chi connectivity index (χ1) is 54.8. The van der Waals surface area contributed by atoms with Gasteiger partial charge in [0, 0.05) is 6.42 Å². The van der Waals surface area contributed by atoms with Crippen molar-refractivity contribution >= 4 is 5.91 Å². The molecule has 0 radical (unpaired) electrons. The second kappa shape index (κ2) is 72.7. The van der Waals surface area contributed by atoms with Gasteiger partial charge in [-0.2, -0.15) is 0 Å². The van der Waals surface area contributed by atoms with Crippen LogP contribution in [-0.2, 0) is 33.2 Å². The summed E-state index contributed by atoms with van der Waals surface area (Å²) >= 11 is 0. The van der Waals surface area contributed by atoms with Crippen LogP contribution in [0.25, 0.3) is 0 Å². The molecule has 3 aliphatic rings. The third kappa shape index (κ3) is 50.6. The Morgan fingerprint density at radius 1 is 0.321 bits per heavy atom. The van der Waals surface area contributed by atoms with Gasteiger partial charge in [-0.1, -0.05) is 390 Å². The number of carbonyl (C=O) groups excluding carboxylic acids is 1. The highest BCUT2D eigenvalue weighted by Crippen LogP contribution is 2.34. The quantitative estimate of drug-likeness (QED) is 0.0199. The van der Waals surface area contributed by atoms with Crippen molar-refractivity contribution < 1.29 is 89.4 Å². The van der Waals surface area contributed by atoms with Gasteiger partial charge in [0.15, 0.2) is 18.9 Å². The minimum Gasteiger partial charge on any atom is -0.394 e. The molecule has 3 rings (SSSR count). The number of hydrogen-bond acceptors (Lipinski definition) is 18. The third-order valence-electron chi connectivity index (χ3n) is 23.4. The van der Waals surface area contributed by atoms with Crippen LogP contribution < -0.4 is 5.32 Å². The van der Waals surface area contributed by atoms with E-state index in [-0.39, 0.29) is 18.9 Å². The molecule has 1 amide bonds. The molecule has 19 heteroatoms. The van der Waals surface area contributed by atoms with Gasteiger partial charge in [-0.05, 0) is 57.8 Å². The number of allylic oxidation sites excluding steroid dienone is 7. The van der Waals surface area contributed by atoms with Crippen LogP contribution >= 0.6 is 0 Å². The van der Waals surface area contributed by atoms with Crippen molar-refractivity contribution in [3.05, 3.63) is 48.6 Å². The molecule has 658 valence electrons. The fourth-order valence-corrected chi connectivity index (χ4v) is 15.9. The summed E-state index contributed by atoms with van der Waals surface area (Å²) in [5.74, 6) is -0.267. The zero-order chi connectivity index (χ0) is 81.0. The number of aliphatic hydroxyl groups excluding tert-OH is 11. The first-order valence-corrected chi connectivity index (χ1v) is 46.9. The molecule has 3 saturated heterocycles. The van der Waals surface area contributed by atoms with Gasteiger partial charge in [0.05, 0.1) is 38.6 Å². The van der Waals surface area contributed by atoms with Crippen LogP contribution in [0.1, 0.15) is 406 Å². The van der Waals surface area contributed by atoms with E-state index in [1.54, 1.807) is 6.08 Å². The molecule has 0 aromatic heterocycles. The van der Waals surface area contributed by atoms with Crippen molar-refractivity contribution in [3.63, 3.8) is 0 Å². The number of ether oxygens (including phenoxy) is 6. The summed E-state index contributed by atoms with van der Waals surface area (Å²) in [4.78, 5) is 13.5. The third-order valence-corrected chi connectivity index (χ3v) is 23.4.